The molecule has 2 atom stereocenters. The van der Waals surface area contributed by atoms with Gasteiger partial charge in [-0.1, -0.05) is 0 Å². The number of rotatable bonds is 4. The van der Waals surface area contributed by atoms with Crippen LogP contribution in [0.3, 0.4) is 0 Å². The fourth-order valence-electron chi connectivity index (χ4n) is 2.89. The Morgan fingerprint density at radius 3 is 2.48 bits per heavy atom. The van der Waals surface area contributed by atoms with Crippen molar-refractivity contribution in [1.82, 2.24) is 9.80 Å². The molecule has 0 saturated carbocycles. The minimum atomic E-state index is 0.181. The van der Waals surface area contributed by atoms with Gasteiger partial charge in [-0.3, -0.25) is 9.80 Å². The lowest BCUT2D eigenvalue weighted by Crippen LogP contribution is -2.54. The van der Waals surface area contributed by atoms with E-state index in [9.17, 15) is 5.11 Å². The van der Waals surface area contributed by atoms with Gasteiger partial charge in [-0.15, -0.1) is 0 Å². The normalized spacial score (nSPS) is 24.2. The van der Waals surface area contributed by atoms with E-state index in [0.29, 0.717) is 28.9 Å². The van der Waals surface area contributed by atoms with Crippen LogP contribution in [0, 0.1) is 0 Å². The van der Waals surface area contributed by atoms with Crippen molar-refractivity contribution in [1.29, 1.82) is 0 Å². The van der Waals surface area contributed by atoms with Gasteiger partial charge in [0.2, 0.25) is 0 Å². The van der Waals surface area contributed by atoms with Crippen LogP contribution < -0.4 is 4.74 Å². The quantitative estimate of drug-likeness (QED) is 0.899. The average Bonchev–Trinajstić information content (AvgIpc) is 2.42. The van der Waals surface area contributed by atoms with Crippen molar-refractivity contribution in [3.8, 4) is 11.5 Å². The first kappa shape index (κ1) is 16.6. The Bertz CT molecular complexity index is 483. The summed E-state index contributed by atoms with van der Waals surface area (Å²) >= 11 is 3.41. The summed E-state index contributed by atoms with van der Waals surface area (Å²) in [6.45, 7) is 9.99. The van der Waals surface area contributed by atoms with E-state index in [1.807, 2.05) is 19.1 Å². The van der Waals surface area contributed by atoms with Crippen LogP contribution in [0.15, 0.2) is 16.6 Å². The van der Waals surface area contributed by atoms with Crippen molar-refractivity contribution in [2.75, 3.05) is 26.7 Å². The van der Waals surface area contributed by atoms with Gasteiger partial charge in [0.05, 0.1) is 11.1 Å². The highest BCUT2D eigenvalue weighted by molar-refractivity contribution is 9.10. The van der Waals surface area contributed by atoms with Crippen molar-refractivity contribution in [3.63, 3.8) is 0 Å². The Hall–Kier alpha value is -0.780. The summed E-state index contributed by atoms with van der Waals surface area (Å²) in [6.07, 6.45) is 0. The smallest absolute Gasteiger partial charge is 0.172 e. The Labute approximate surface area is 135 Å². The first-order chi connectivity index (χ1) is 9.92. The summed E-state index contributed by atoms with van der Waals surface area (Å²) < 4.78 is 6.19. The number of nitrogens with zero attached hydrogens (tertiary/aromatic N) is 2. The predicted octanol–water partition coefficient (Wildman–Crippen LogP) is 3.08. The van der Waals surface area contributed by atoms with Gasteiger partial charge in [0.1, 0.15) is 0 Å². The van der Waals surface area contributed by atoms with E-state index < -0.39 is 0 Å². The molecule has 1 fully saturated rings. The number of aromatic hydroxyl groups is 1. The van der Waals surface area contributed by atoms with Crippen molar-refractivity contribution >= 4 is 15.9 Å². The van der Waals surface area contributed by atoms with E-state index in [1.165, 1.54) is 0 Å². The third kappa shape index (κ3) is 3.90. The van der Waals surface area contributed by atoms with E-state index in [2.05, 4.69) is 46.6 Å². The molecule has 4 nitrogen and oxygen atoms in total. The fourth-order valence-corrected chi connectivity index (χ4v) is 3.37. The van der Waals surface area contributed by atoms with Crippen molar-refractivity contribution < 1.29 is 9.84 Å². The number of piperazine rings is 1. The molecule has 1 aromatic carbocycles. The third-order valence-electron chi connectivity index (χ3n) is 4.23. The molecule has 118 valence electrons. The monoisotopic (exact) mass is 356 g/mol. The molecule has 1 N–H and O–H groups in total. The maximum Gasteiger partial charge on any atom is 0.172 e. The summed E-state index contributed by atoms with van der Waals surface area (Å²) in [5, 5.41) is 9.99. The van der Waals surface area contributed by atoms with Gasteiger partial charge in [-0.2, -0.15) is 0 Å². The van der Waals surface area contributed by atoms with Gasteiger partial charge in [-0.05, 0) is 61.4 Å². The summed E-state index contributed by atoms with van der Waals surface area (Å²) in [4.78, 5) is 4.89. The molecule has 0 aliphatic carbocycles. The number of hydrogen-bond acceptors (Lipinski definition) is 4. The number of benzene rings is 1. The SMILES string of the molecule is CCOc1cc(CN2CC(C)N(C)C(C)C2)cc(Br)c1O. The van der Waals surface area contributed by atoms with Crippen LogP contribution >= 0.6 is 15.9 Å². The number of hydrogen-bond donors (Lipinski definition) is 1. The summed E-state index contributed by atoms with van der Waals surface area (Å²) in [6, 6.07) is 5.03. The van der Waals surface area contributed by atoms with E-state index in [-0.39, 0.29) is 5.75 Å². The summed E-state index contributed by atoms with van der Waals surface area (Å²) in [5.74, 6) is 0.734. The molecule has 1 aliphatic heterocycles. The summed E-state index contributed by atoms with van der Waals surface area (Å²) in [5.41, 5.74) is 1.16. The zero-order valence-electron chi connectivity index (χ0n) is 13.3. The second-order valence-electron chi connectivity index (χ2n) is 5.91. The predicted molar refractivity (Wildman–Crippen MR) is 88.9 cm³/mol. The van der Waals surface area contributed by atoms with Gasteiger partial charge in [0.25, 0.3) is 0 Å². The van der Waals surface area contributed by atoms with Crippen LogP contribution in [0.2, 0.25) is 0 Å². The van der Waals surface area contributed by atoms with E-state index in [1.54, 1.807) is 0 Å². The number of halogens is 1. The fraction of sp³-hybridized carbons (Fsp3) is 0.625. The second kappa shape index (κ2) is 6.99. The lowest BCUT2D eigenvalue weighted by atomic mass is 10.1. The minimum Gasteiger partial charge on any atom is -0.503 e. The number of phenols is 1. The van der Waals surface area contributed by atoms with E-state index in [0.717, 1.165) is 25.2 Å². The molecule has 0 spiro atoms. The van der Waals surface area contributed by atoms with Crippen LogP contribution in [0.4, 0.5) is 0 Å². The number of likely N-dealkylation sites (N-methyl/N-ethyl adjacent to an activating group) is 1. The Morgan fingerprint density at radius 1 is 1.29 bits per heavy atom. The Kier molecular flexibility index (Phi) is 5.52. The molecule has 1 heterocycles. The molecule has 2 rings (SSSR count). The Morgan fingerprint density at radius 2 is 1.90 bits per heavy atom. The Balaban J connectivity index is 2.12. The molecule has 1 saturated heterocycles. The maximum absolute atomic E-state index is 9.99. The zero-order valence-corrected chi connectivity index (χ0v) is 14.9. The topological polar surface area (TPSA) is 35.9 Å². The van der Waals surface area contributed by atoms with Gasteiger partial charge < -0.3 is 9.84 Å². The van der Waals surface area contributed by atoms with Crippen LogP contribution in [-0.2, 0) is 6.54 Å². The molecular weight excluding hydrogens is 332 g/mol. The van der Waals surface area contributed by atoms with Crippen LogP contribution in [0.25, 0.3) is 0 Å². The highest BCUT2D eigenvalue weighted by Crippen LogP contribution is 2.36. The summed E-state index contributed by atoms with van der Waals surface area (Å²) in [7, 11) is 2.19. The van der Waals surface area contributed by atoms with Gasteiger partial charge >= 0.3 is 0 Å². The van der Waals surface area contributed by atoms with Crippen LogP contribution in [-0.4, -0.2) is 53.7 Å². The molecule has 0 amide bonds. The lowest BCUT2D eigenvalue weighted by molar-refractivity contribution is 0.0555. The van der Waals surface area contributed by atoms with E-state index in [4.69, 9.17) is 4.74 Å². The van der Waals surface area contributed by atoms with Crippen molar-refractivity contribution in [2.24, 2.45) is 0 Å². The van der Waals surface area contributed by atoms with Gasteiger partial charge in [0, 0.05) is 31.7 Å². The number of ether oxygens (including phenoxy) is 1. The van der Waals surface area contributed by atoms with E-state index >= 15 is 0 Å². The average molecular weight is 357 g/mol. The highest BCUT2D eigenvalue weighted by Gasteiger charge is 2.26. The zero-order chi connectivity index (χ0) is 15.6. The molecule has 21 heavy (non-hydrogen) atoms. The minimum absolute atomic E-state index is 0.181. The van der Waals surface area contributed by atoms with Crippen molar-refractivity contribution in [3.05, 3.63) is 22.2 Å². The highest BCUT2D eigenvalue weighted by atomic mass is 79.9. The van der Waals surface area contributed by atoms with Crippen LogP contribution in [0.1, 0.15) is 26.3 Å². The molecule has 0 bridgehead atoms. The molecule has 0 aromatic heterocycles. The number of phenolic OH excluding ortho intramolecular Hbond substituents is 1. The van der Waals surface area contributed by atoms with Gasteiger partial charge in [0.15, 0.2) is 11.5 Å². The maximum atomic E-state index is 9.99. The first-order valence-electron chi connectivity index (χ1n) is 7.50. The molecule has 1 aromatic rings. The van der Waals surface area contributed by atoms with Crippen LogP contribution in [0.5, 0.6) is 11.5 Å². The molecule has 0 radical (unpaired) electrons. The molecule has 1 aliphatic rings. The van der Waals surface area contributed by atoms with Gasteiger partial charge in [-0.25, -0.2) is 0 Å². The van der Waals surface area contributed by atoms with Crippen molar-refractivity contribution in [2.45, 2.75) is 39.4 Å². The molecular formula is C16H25BrN2O2. The lowest BCUT2D eigenvalue weighted by Gasteiger charge is -2.42. The second-order valence-corrected chi connectivity index (χ2v) is 6.77. The first-order valence-corrected chi connectivity index (χ1v) is 8.30. The largest absolute Gasteiger partial charge is 0.503 e. The standard InChI is InChI=1S/C16H25BrN2O2/c1-5-21-15-7-13(6-14(17)16(15)20)10-19-8-11(2)18(4)12(3)9-19/h6-7,11-12,20H,5,8-10H2,1-4H3. The molecule has 2 unspecified atom stereocenters. The third-order valence-corrected chi connectivity index (χ3v) is 4.83. The molecule has 5 heteroatoms.